The van der Waals surface area contributed by atoms with Gasteiger partial charge in [0.2, 0.25) is 0 Å². The first-order chi connectivity index (χ1) is 12.1. The Morgan fingerprint density at radius 1 is 1.42 bits per heavy atom. The Morgan fingerprint density at radius 2 is 2.23 bits per heavy atom. The minimum absolute atomic E-state index is 0. The number of nitrogens with one attached hydrogen (secondary N) is 2. The van der Waals surface area contributed by atoms with Crippen LogP contribution >= 0.6 is 35.7 Å². The summed E-state index contributed by atoms with van der Waals surface area (Å²) in [6.07, 6.45) is 5.15. The molecule has 3 unspecified atom stereocenters. The second-order valence-electron chi connectivity index (χ2n) is 6.51. The Balaban J connectivity index is 0.00000338. The number of aliphatic hydroxyl groups is 1. The van der Waals surface area contributed by atoms with Crippen molar-refractivity contribution in [3.05, 3.63) is 29.8 Å². The number of rotatable bonds is 8. The van der Waals surface area contributed by atoms with E-state index in [9.17, 15) is 5.11 Å². The maximum absolute atomic E-state index is 10.1. The summed E-state index contributed by atoms with van der Waals surface area (Å²) in [7, 11) is 0. The smallest absolute Gasteiger partial charge is 0.191 e. The van der Waals surface area contributed by atoms with Gasteiger partial charge in [0.1, 0.15) is 18.5 Å². The predicted octanol–water partition coefficient (Wildman–Crippen LogP) is 3.19. The number of benzene rings is 1. The third-order valence-electron chi connectivity index (χ3n) is 4.29. The highest BCUT2D eigenvalue weighted by Crippen LogP contribution is 2.28. The van der Waals surface area contributed by atoms with Crippen molar-refractivity contribution >= 4 is 41.7 Å². The molecule has 7 heteroatoms. The van der Waals surface area contributed by atoms with Crippen LogP contribution in [0, 0.1) is 6.92 Å². The van der Waals surface area contributed by atoms with Crippen molar-refractivity contribution in [2.45, 2.75) is 50.5 Å². The van der Waals surface area contributed by atoms with E-state index in [2.05, 4.69) is 21.9 Å². The van der Waals surface area contributed by atoms with Gasteiger partial charge < -0.3 is 20.5 Å². The zero-order valence-electron chi connectivity index (χ0n) is 15.9. The van der Waals surface area contributed by atoms with Crippen LogP contribution in [0.25, 0.3) is 0 Å². The molecule has 1 saturated carbocycles. The molecule has 3 N–H and O–H groups in total. The molecule has 0 spiro atoms. The molecule has 0 saturated heterocycles. The fourth-order valence-electron chi connectivity index (χ4n) is 2.95. The van der Waals surface area contributed by atoms with Crippen molar-refractivity contribution in [1.29, 1.82) is 0 Å². The van der Waals surface area contributed by atoms with Crippen LogP contribution in [0.2, 0.25) is 0 Å². The van der Waals surface area contributed by atoms with Gasteiger partial charge in [-0.25, -0.2) is 0 Å². The van der Waals surface area contributed by atoms with Crippen LogP contribution < -0.4 is 15.4 Å². The summed E-state index contributed by atoms with van der Waals surface area (Å²) < 4.78 is 5.64. The highest BCUT2D eigenvalue weighted by Gasteiger charge is 2.24. The van der Waals surface area contributed by atoms with E-state index in [1.54, 1.807) is 0 Å². The van der Waals surface area contributed by atoms with Crippen LogP contribution in [0.1, 0.15) is 31.7 Å². The molecule has 2 rings (SSSR count). The van der Waals surface area contributed by atoms with E-state index in [-0.39, 0.29) is 30.6 Å². The van der Waals surface area contributed by atoms with Crippen LogP contribution in [-0.4, -0.2) is 54.4 Å². The van der Waals surface area contributed by atoms with E-state index in [1.807, 2.05) is 49.9 Å². The van der Waals surface area contributed by atoms with Crippen molar-refractivity contribution in [1.82, 2.24) is 10.6 Å². The van der Waals surface area contributed by atoms with Gasteiger partial charge in [0, 0.05) is 17.8 Å². The lowest BCUT2D eigenvalue weighted by atomic mass is 10.2. The maximum Gasteiger partial charge on any atom is 0.191 e. The van der Waals surface area contributed by atoms with Gasteiger partial charge in [0.25, 0.3) is 0 Å². The number of aliphatic hydroxyl groups excluding tert-OH is 1. The standard InChI is InChI=1S/C19H31N3O2S.HI/c1-4-20-19(22-15-8-9-18(11-15)25-3)21-12-16(23)13-24-17-7-5-6-14(2)10-17;/h5-7,10,15-16,18,23H,4,8-9,11-13H2,1-3H3,(H2,20,21,22);1H. The number of aryl methyl sites for hydroxylation is 1. The van der Waals surface area contributed by atoms with Gasteiger partial charge in [-0.2, -0.15) is 11.8 Å². The van der Waals surface area contributed by atoms with Crippen LogP contribution in [0.4, 0.5) is 0 Å². The normalized spacial score (nSPS) is 21.0. The highest BCUT2D eigenvalue weighted by atomic mass is 127. The van der Waals surface area contributed by atoms with Gasteiger partial charge in [0.05, 0.1) is 6.54 Å². The molecule has 0 bridgehead atoms. The molecular formula is C19H32IN3O2S. The maximum atomic E-state index is 10.1. The number of hydrogen-bond acceptors (Lipinski definition) is 4. The number of hydrogen-bond donors (Lipinski definition) is 3. The predicted molar refractivity (Wildman–Crippen MR) is 122 cm³/mol. The number of thioether (sulfide) groups is 1. The van der Waals surface area contributed by atoms with E-state index in [0.29, 0.717) is 12.6 Å². The Labute approximate surface area is 178 Å². The van der Waals surface area contributed by atoms with Crippen LogP contribution in [0.5, 0.6) is 5.75 Å². The Bertz CT molecular complexity index is 559. The molecule has 0 radical (unpaired) electrons. The quantitative estimate of drug-likeness (QED) is 0.295. The molecule has 3 atom stereocenters. The Morgan fingerprint density at radius 3 is 2.88 bits per heavy atom. The van der Waals surface area contributed by atoms with Crippen molar-refractivity contribution in [3.63, 3.8) is 0 Å². The first-order valence-electron chi connectivity index (χ1n) is 9.05. The first kappa shape index (κ1) is 23.4. The van der Waals surface area contributed by atoms with Crippen molar-refractivity contribution < 1.29 is 9.84 Å². The SMILES string of the molecule is CCNC(=NCC(O)COc1cccc(C)c1)NC1CCC(SC)C1.I. The van der Waals surface area contributed by atoms with Crippen LogP contribution in [0.3, 0.4) is 0 Å². The van der Waals surface area contributed by atoms with Gasteiger partial charge >= 0.3 is 0 Å². The van der Waals surface area contributed by atoms with Crippen molar-refractivity contribution in [2.75, 3.05) is 26.0 Å². The number of aliphatic imine (C=N–C) groups is 1. The number of guanidine groups is 1. The minimum Gasteiger partial charge on any atom is -0.491 e. The molecule has 1 aliphatic rings. The lowest BCUT2D eigenvalue weighted by Crippen LogP contribution is -2.43. The number of ether oxygens (including phenoxy) is 1. The molecule has 1 aromatic carbocycles. The minimum atomic E-state index is -0.626. The van der Waals surface area contributed by atoms with Gasteiger partial charge in [-0.3, -0.25) is 4.99 Å². The molecule has 0 aromatic heterocycles. The summed E-state index contributed by atoms with van der Waals surface area (Å²) >= 11 is 1.94. The highest BCUT2D eigenvalue weighted by molar-refractivity contribution is 14.0. The Kier molecular flexibility index (Phi) is 11.4. The summed E-state index contributed by atoms with van der Waals surface area (Å²) in [6, 6.07) is 8.30. The lowest BCUT2D eigenvalue weighted by molar-refractivity contribution is 0.114. The fourth-order valence-corrected chi connectivity index (χ4v) is 3.74. The molecular weight excluding hydrogens is 461 g/mol. The average Bonchev–Trinajstić information content (AvgIpc) is 3.06. The second-order valence-corrected chi connectivity index (χ2v) is 7.65. The van der Waals surface area contributed by atoms with E-state index >= 15 is 0 Å². The lowest BCUT2D eigenvalue weighted by Gasteiger charge is -2.18. The topological polar surface area (TPSA) is 65.9 Å². The van der Waals surface area contributed by atoms with E-state index in [1.165, 1.54) is 19.3 Å². The number of halogens is 1. The average molecular weight is 493 g/mol. The zero-order chi connectivity index (χ0) is 18.1. The van der Waals surface area contributed by atoms with E-state index in [4.69, 9.17) is 4.74 Å². The second kappa shape index (κ2) is 12.7. The molecule has 1 fully saturated rings. The van der Waals surface area contributed by atoms with Gasteiger partial charge in [-0.05, 0) is 57.1 Å². The molecule has 0 aliphatic heterocycles. The van der Waals surface area contributed by atoms with Crippen LogP contribution in [-0.2, 0) is 0 Å². The molecule has 5 nitrogen and oxygen atoms in total. The van der Waals surface area contributed by atoms with Gasteiger partial charge in [0.15, 0.2) is 5.96 Å². The summed E-state index contributed by atoms with van der Waals surface area (Å²) in [4.78, 5) is 4.52. The molecule has 26 heavy (non-hydrogen) atoms. The molecule has 1 aromatic rings. The number of nitrogens with zero attached hydrogens (tertiary/aromatic N) is 1. The summed E-state index contributed by atoms with van der Waals surface area (Å²) in [5.74, 6) is 1.56. The Hall–Kier alpha value is -0.670. The van der Waals surface area contributed by atoms with Gasteiger partial charge in [-0.15, -0.1) is 24.0 Å². The third-order valence-corrected chi connectivity index (χ3v) is 5.39. The monoisotopic (exact) mass is 493 g/mol. The summed E-state index contributed by atoms with van der Waals surface area (Å²) in [5.41, 5.74) is 1.14. The molecule has 0 amide bonds. The summed E-state index contributed by atoms with van der Waals surface area (Å²) in [6.45, 7) is 5.44. The zero-order valence-corrected chi connectivity index (χ0v) is 19.1. The van der Waals surface area contributed by atoms with Crippen LogP contribution in [0.15, 0.2) is 29.3 Å². The molecule has 148 valence electrons. The first-order valence-corrected chi connectivity index (χ1v) is 10.3. The van der Waals surface area contributed by atoms with E-state index < -0.39 is 6.10 Å². The largest absolute Gasteiger partial charge is 0.491 e. The summed E-state index contributed by atoms with van der Waals surface area (Å²) in [5, 5.41) is 17.6. The van der Waals surface area contributed by atoms with Crippen molar-refractivity contribution in [2.24, 2.45) is 4.99 Å². The third kappa shape index (κ3) is 8.35. The van der Waals surface area contributed by atoms with Crippen molar-refractivity contribution in [3.8, 4) is 5.75 Å². The molecule has 0 heterocycles. The molecule has 1 aliphatic carbocycles. The fraction of sp³-hybridized carbons (Fsp3) is 0.632. The van der Waals surface area contributed by atoms with Gasteiger partial charge in [-0.1, -0.05) is 12.1 Å². The van der Waals surface area contributed by atoms with E-state index in [0.717, 1.165) is 29.1 Å².